The zero-order valence-corrected chi connectivity index (χ0v) is 17.7. The topological polar surface area (TPSA) is 76.7 Å². The average Bonchev–Trinajstić information content (AvgIpc) is 3.25. The summed E-state index contributed by atoms with van der Waals surface area (Å²) in [6, 6.07) is 11.2. The molecule has 6 nitrogen and oxygen atoms in total. The fourth-order valence-corrected chi connectivity index (χ4v) is 3.53. The molecular formula is C20H16Cl2N2O4S. The van der Waals surface area contributed by atoms with Gasteiger partial charge in [-0.3, -0.25) is 9.59 Å². The summed E-state index contributed by atoms with van der Waals surface area (Å²) in [5.74, 6) is 0.0854. The summed E-state index contributed by atoms with van der Waals surface area (Å²) in [7, 11) is 2.96. The van der Waals surface area contributed by atoms with Gasteiger partial charge in [-0.1, -0.05) is 29.3 Å². The van der Waals surface area contributed by atoms with E-state index in [1.165, 1.54) is 37.7 Å². The van der Waals surface area contributed by atoms with Crippen LogP contribution in [0.15, 0.2) is 47.8 Å². The van der Waals surface area contributed by atoms with Gasteiger partial charge in [0.2, 0.25) is 0 Å². The SMILES string of the molecule is COc1cc(OC)c(NC(=O)c2ccc(Cl)c(NC(=O)c3cccs3)c2)cc1Cl. The summed E-state index contributed by atoms with van der Waals surface area (Å²) in [6.07, 6.45) is 0. The number of carbonyl (C=O) groups excluding carboxylic acids is 2. The monoisotopic (exact) mass is 450 g/mol. The fourth-order valence-electron chi connectivity index (χ4n) is 2.51. The van der Waals surface area contributed by atoms with Crippen LogP contribution in [0.5, 0.6) is 11.5 Å². The minimum absolute atomic E-state index is 0.296. The maximum absolute atomic E-state index is 12.7. The van der Waals surface area contributed by atoms with E-state index in [-0.39, 0.29) is 5.91 Å². The molecule has 0 spiro atoms. The van der Waals surface area contributed by atoms with E-state index in [0.717, 1.165) is 0 Å². The quantitative estimate of drug-likeness (QED) is 0.513. The number of ether oxygens (including phenoxy) is 2. The van der Waals surface area contributed by atoms with E-state index in [4.69, 9.17) is 32.7 Å². The van der Waals surface area contributed by atoms with Crippen LogP contribution in [-0.2, 0) is 0 Å². The van der Waals surface area contributed by atoms with Crippen molar-refractivity contribution in [1.29, 1.82) is 0 Å². The van der Waals surface area contributed by atoms with E-state index in [1.54, 1.807) is 35.7 Å². The molecule has 1 heterocycles. The van der Waals surface area contributed by atoms with Crippen LogP contribution in [0.2, 0.25) is 10.0 Å². The molecule has 2 aromatic carbocycles. The van der Waals surface area contributed by atoms with E-state index < -0.39 is 5.91 Å². The number of benzene rings is 2. The molecule has 9 heteroatoms. The van der Waals surface area contributed by atoms with Gasteiger partial charge in [0, 0.05) is 11.6 Å². The van der Waals surface area contributed by atoms with E-state index >= 15 is 0 Å². The van der Waals surface area contributed by atoms with Crippen molar-refractivity contribution in [3.8, 4) is 11.5 Å². The molecule has 1 aromatic heterocycles. The van der Waals surface area contributed by atoms with E-state index in [0.29, 0.717) is 43.4 Å². The standard InChI is InChI=1S/C20H16Cl2N2O4S/c1-27-16-10-17(28-2)15(9-13(16)22)24-19(25)11-5-6-12(21)14(8-11)23-20(26)18-4-3-7-29-18/h3-10H,1-2H3,(H,23,26)(H,24,25). The van der Waals surface area contributed by atoms with Crippen molar-refractivity contribution in [3.63, 3.8) is 0 Å². The smallest absolute Gasteiger partial charge is 0.265 e. The summed E-state index contributed by atoms with van der Waals surface area (Å²) in [5, 5.41) is 7.89. The minimum atomic E-state index is -0.423. The third-order valence-electron chi connectivity index (χ3n) is 3.94. The predicted molar refractivity (Wildman–Crippen MR) is 116 cm³/mol. The second-order valence-electron chi connectivity index (χ2n) is 5.77. The number of amides is 2. The summed E-state index contributed by atoms with van der Waals surface area (Å²) in [4.78, 5) is 25.5. The third-order valence-corrected chi connectivity index (χ3v) is 5.44. The van der Waals surface area contributed by atoms with Crippen LogP contribution in [0.25, 0.3) is 0 Å². The number of hydrogen-bond acceptors (Lipinski definition) is 5. The van der Waals surface area contributed by atoms with Crippen LogP contribution in [0.1, 0.15) is 20.0 Å². The van der Waals surface area contributed by atoms with Crippen LogP contribution in [0.4, 0.5) is 11.4 Å². The third kappa shape index (κ3) is 4.82. The minimum Gasteiger partial charge on any atom is -0.495 e. The lowest BCUT2D eigenvalue weighted by Gasteiger charge is -2.14. The molecule has 0 aliphatic heterocycles. The number of rotatable bonds is 6. The van der Waals surface area contributed by atoms with Gasteiger partial charge in [-0.15, -0.1) is 11.3 Å². The van der Waals surface area contributed by atoms with Crippen molar-refractivity contribution in [2.75, 3.05) is 24.9 Å². The van der Waals surface area contributed by atoms with Crippen molar-refractivity contribution < 1.29 is 19.1 Å². The first-order chi connectivity index (χ1) is 13.9. The van der Waals surface area contributed by atoms with Crippen LogP contribution in [0.3, 0.4) is 0 Å². The van der Waals surface area contributed by atoms with Crippen LogP contribution in [0, 0.1) is 0 Å². The lowest BCUT2D eigenvalue weighted by molar-refractivity contribution is 0.101. The number of methoxy groups -OCH3 is 2. The highest BCUT2D eigenvalue weighted by Gasteiger charge is 2.16. The zero-order chi connectivity index (χ0) is 21.0. The second-order valence-corrected chi connectivity index (χ2v) is 7.53. The number of anilines is 2. The van der Waals surface area contributed by atoms with E-state index in [1.807, 2.05) is 0 Å². The Hall–Kier alpha value is -2.74. The molecule has 2 N–H and O–H groups in total. The lowest BCUT2D eigenvalue weighted by atomic mass is 10.1. The highest BCUT2D eigenvalue weighted by molar-refractivity contribution is 7.12. The molecule has 0 aliphatic carbocycles. The van der Waals surface area contributed by atoms with Gasteiger partial charge in [0.05, 0.1) is 40.5 Å². The molecule has 0 unspecified atom stereocenters. The Bertz CT molecular complexity index is 1050. The van der Waals surface area contributed by atoms with Crippen LogP contribution >= 0.6 is 34.5 Å². The second kappa shape index (κ2) is 9.17. The first-order valence-corrected chi connectivity index (χ1v) is 9.93. The highest BCUT2D eigenvalue weighted by atomic mass is 35.5. The summed E-state index contributed by atoms with van der Waals surface area (Å²) in [5.41, 5.74) is 1.00. The van der Waals surface area contributed by atoms with Crippen molar-refractivity contribution in [2.24, 2.45) is 0 Å². The van der Waals surface area contributed by atoms with Gasteiger partial charge in [0.15, 0.2) is 0 Å². The Morgan fingerprint density at radius 3 is 2.24 bits per heavy atom. The van der Waals surface area contributed by atoms with Gasteiger partial charge in [-0.25, -0.2) is 0 Å². The molecule has 0 aliphatic rings. The van der Waals surface area contributed by atoms with Crippen molar-refractivity contribution in [3.05, 3.63) is 68.3 Å². The average molecular weight is 451 g/mol. The Labute approximate surface area is 181 Å². The maximum Gasteiger partial charge on any atom is 0.265 e. The molecule has 0 saturated heterocycles. The molecule has 0 fully saturated rings. The van der Waals surface area contributed by atoms with Gasteiger partial charge in [0.25, 0.3) is 11.8 Å². The van der Waals surface area contributed by atoms with Gasteiger partial charge in [-0.05, 0) is 35.7 Å². The van der Waals surface area contributed by atoms with Gasteiger partial charge < -0.3 is 20.1 Å². The number of hydrogen-bond donors (Lipinski definition) is 2. The Morgan fingerprint density at radius 2 is 1.59 bits per heavy atom. The Kier molecular flexibility index (Phi) is 6.64. The molecule has 150 valence electrons. The lowest BCUT2D eigenvalue weighted by Crippen LogP contribution is -2.15. The first-order valence-electron chi connectivity index (χ1n) is 8.30. The normalized spacial score (nSPS) is 10.3. The molecule has 2 amide bonds. The van der Waals surface area contributed by atoms with Gasteiger partial charge >= 0.3 is 0 Å². The summed E-state index contributed by atoms with van der Waals surface area (Å²) >= 11 is 13.6. The van der Waals surface area contributed by atoms with Gasteiger partial charge in [-0.2, -0.15) is 0 Å². The first kappa shape index (κ1) is 21.0. The molecular weight excluding hydrogens is 435 g/mol. The molecule has 0 radical (unpaired) electrons. The van der Waals surface area contributed by atoms with Crippen LogP contribution < -0.4 is 20.1 Å². The molecule has 0 bridgehead atoms. The van der Waals surface area contributed by atoms with Gasteiger partial charge in [0.1, 0.15) is 11.5 Å². The van der Waals surface area contributed by atoms with Crippen molar-refractivity contribution >= 4 is 57.7 Å². The zero-order valence-electron chi connectivity index (χ0n) is 15.4. The molecule has 3 rings (SSSR count). The number of halogens is 2. The predicted octanol–water partition coefficient (Wildman–Crippen LogP) is 5.58. The highest BCUT2D eigenvalue weighted by Crippen LogP contribution is 2.36. The Morgan fingerprint density at radius 1 is 0.862 bits per heavy atom. The molecule has 3 aromatic rings. The van der Waals surface area contributed by atoms with E-state index in [9.17, 15) is 9.59 Å². The number of carbonyl (C=O) groups is 2. The molecule has 0 atom stereocenters. The van der Waals surface area contributed by atoms with E-state index in [2.05, 4.69) is 10.6 Å². The summed E-state index contributed by atoms with van der Waals surface area (Å²) < 4.78 is 10.4. The molecule has 0 saturated carbocycles. The number of nitrogens with one attached hydrogen (secondary N) is 2. The maximum atomic E-state index is 12.7. The van der Waals surface area contributed by atoms with Crippen LogP contribution in [-0.4, -0.2) is 26.0 Å². The molecule has 29 heavy (non-hydrogen) atoms. The number of thiophene rings is 1. The fraction of sp³-hybridized carbons (Fsp3) is 0.100. The Balaban J connectivity index is 1.83. The summed E-state index contributed by atoms with van der Waals surface area (Å²) in [6.45, 7) is 0. The largest absolute Gasteiger partial charge is 0.495 e. The van der Waals surface area contributed by atoms with Crippen molar-refractivity contribution in [2.45, 2.75) is 0 Å². The van der Waals surface area contributed by atoms with Crippen molar-refractivity contribution in [1.82, 2.24) is 0 Å².